The molecule has 0 bridgehead atoms. The number of fused-ring (bicyclic) bond motifs is 1. The SMILES string of the molecule is O=C(N1CCOCC1)N1CCCC1c1nc2ccccc2c(=O)n1CCO. The van der Waals surface area contributed by atoms with Gasteiger partial charge in [-0.05, 0) is 25.0 Å². The Hall–Kier alpha value is -2.45. The Morgan fingerprint density at radius 3 is 2.78 bits per heavy atom. The molecule has 1 aromatic heterocycles. The number of carbonyl (C=O) groups is 1. The average molecular weight is 372 g/mol. The van der Waals surface area contributed by atoms with E-state index in [1.165, 1.54) is 4.57 Å². The summed E-state index contributed by atoms with van der Waals surface area (Å²) in [6.07, 6.45) is 1.62. The van der Waals surface area contributed by atoms with Crippen LogP contribution in [0, 0.1) is 0 Å². The summed E-state index contributed by atoms with van der Waals surface area (Å²) in [5.41, 5.74) is 0.452. The van der Waals surface area contributed by atoms with Crippen LogP contribution in [0.1, 0.15) is 24.7 Å². The van der Waals surface area contributed by atoms with Crippen LogP contribution in [0.25, 0.3) is 10.9 Å². The Balaban J connectivity index is 1.74. The lowest BCUT2D eigenvalue weighted by Gasteiger charge is -2.34. The van der Waals surface area contributed by atoms with E-state index in [4.69, 9.17) is 9.72 Å². The maximum atomic E-state index is 13.0. The van der Waals surface area contributed by atoms with Crippen LogP contribution in [-0.4, -0.2) is 69.9 Å². The van der Waals surface area contributed by atoms with Crippen molar-refractivity contribution in [2.24, 2.45) is 0 Å². The van der Waals surface area contributed by atoms with Gasteiger partial charge in [0.15, 0.2) is 0 Å². The molecule has 144 valence electrons. The average Bonchev–Trinajstić information content (AvgIpc) is 3.20. The highest BCUT2D eigenvalue weighted by atomic mass is 16.5. The molecule has 1 aromatic carbocycles. The number of amides is 2. The maximum Gasteiger partial charge on any atom is 0.320 e. The monoisotopic (exact) mass is 372 g/mol. The van der Waals surface area contributed by atoms with Crippen molar-refractivity contribution >= 4 is 16.9 Å². The Bertz CT molecular complexity index is 891. The van der Waals surface area contributed by atoms with E-state index in [9.17, 15) is 14.7 Å². The third kappa shape index (κ3) is 3.30. The van der Waals surface area contributed by atoms with Crippen molar-refractivity contribution < 1.29 is 14.6 Å². The van der Waals surface area contributed by atoms with Gasteiger partial charge in [0.25, 0.3) is 5.56 Å². The van der Waals surface area contributed by atoms with Crippen molar-refractivity contribution in [2.75, 3.05) is 39.5 Å². The van der Waals surface area contributed by atoms with Gasteiger partial charge in [-0.1, -0.05) is 12.1 Å². The molecule has 2 fully saturated rings. The van der Waals surface area contributed by atoms with Crippen LogP contribution in [0.4, 0.5) is 4.79 Å². The lowest BCUT2D eigenvalue weighted by atomic mass is 10.1. The van der Waals surface area contributed by atoms with E-state index in [2.05, 4.69) is 0 Å². The number of morpholine rings is 1. The molecule has 4 rings (SSSR count). The minimum atomic E-state index is -0.260. The molecule has 2 aliphatic heterocycles. The number of para-hydroxylation sites is 1. The van der Waals surface area contributed by atoms with Gasteiger partial charge < -0.3 is 19.6 Å². The van der Waals surface area contributed by atoms with E-state index < -0.39 is 0 Å². The molecular formula is C19H24N4O4. The van der Waals surface area contributed by atoms with Crippen molar-refractivity contribution in [3.63, 3.8) is 0 Å². The van der Waals surface area contributed by atoms with Gasteiger partial charge in [0.1, 0.15) is 5.82 Å². The fraction of sp³-hybridized carbons (Fsp3) is 0.526. The fourth-order valence-electron chi connectivity index (χ4n) is 3.96. The summed E-state index contributed by atoms with van der Waals surface area (Å²) in [4.78, 5) is 34.3. The second-order valence-corrected chi connectivity index (χ2v) is 6.90. The summed E-state index contributed by atoms with van der Waals surface area (Å²) in [5.74, 6) is 0.562. The molecule has 1 atom stereocenters. The van der Waals surface area contributed by atoms with Crippen molar-refractivity contribution in [3.05, 3.63) is 40.4 Å². The minimum absolute atomic E-state index is 0.0289. The Morgan fingerprint density at radius 2 is 2.00 bits per heavy atom. The first-order chi connectivity index (χ1) is 13.2. The first kappa shape index (κ1) is 17.9. The number of urea groups is 1. The highest BCUT2D eigenvalue weighted by Gasteiger charge is 2.36. The van der Waals surface area contributed by atoms with Gasteiger partial charge in [-0.25, -0.2) is 9.78 Å². The molecule has 2 aromatic rings. The Kier molecular flexibility index (Phi) is 5.09. The van der Waals surface area contributed by atoms with Gasteiger partial charge in [-0.2, -0.15) is 0 Å². The van der Waals surface area contributed by atoms with Crippen LogP contribution in [0.5, 0.6) is 0 Å². The zero-order chi connectivity index (χ0) is 18.8. The maximum absolute atomic E-state index is 13.0. The quantitative estimate of drug-likeness (QED) is 0.868. The first-order valence-electron chi connectivity index (χ1n) is 9.44. The van der Waals surface area contributed by atoms with Gasteiger partial charge in [-0.3, -0.25) is 9.36 Å². The van der Waals surface area contributed by atoms with Crippen molar-refractivity contribution in [1.82, 2.24) is 19.4 Å². The number of rotatable bonds is 3. The molecule has 0 saturated carbocycles. The Morgan fingerprint density at radius 1 is 1.22 bits per heavy atom. The van der Waals surface area contributed by atoms with E-state index in [0.29, 0.717) is 49.6 Å². The molecule has 1 N–H and O–H groups in total. The molecule has 8 nitrogen and oxygen atoms in total. The fourth-order valence-corrected chi connectivity index (χ4v) is 3.96. The number of aliphatic hydroxyl groups is 1. The van der Waals surface area contributed by atoms with E-state index in [-0.39, 0.29) is 30.8 Å². The zero-order valence-corrected chi connectivity index (χ0v) is 15.2. The van der Waals surface area contributed by atoms with E-state index in [1.54, 1.807) is 17.0 Å². The van der Waals surface area contributed by atoms with Gasteiger partial charge in [0, 0.05) is 19.6 Å². The summed E-state index contributed by atoms with van der Waals surface area (Å²) >= 11 is 0. The van der Waals surface area contributed by atoms with Gasteiger partial charge in [-0.15, -0.1) is 0 Å². The molecule has 8 heteroatoms. The number of nitrogens with zero attached hydrogens (tertiary/aromatic N) is 4. The van der Waals surface area contributed by atoms with E-state index in [1.807, 2.05) is 17.0 Å². The molecule has 0 spiro atoms. The molecule has 0 radical (unpaired) electrons. The molecule has 2 amide bonds. The van der Waals surface area contributed by atoms with Crippen LogP contribution >= 0.6 is 0 Å². The predicted octanol–water partition coefficient (Wildman–Crippen LogP) is 0.978. The van der Waals surface area contributed by atoms with Gasteiger partial charge in [0.05, 0.1) is 43.3 Å². The number of aliphatic hydroxyl groups excluding tert-OH is 1. The van der Waals surface area contributed by atoms with Gasteiger partial charge >= 0.3 is 6.03 Å². The van der Waals surface area contributed by atoms with Crippen molar-refractivity contribution in [2.45, 2.75) is 25.4 Å². The number of carbonyl (C=O) groups excluding carboxylic acids is 1. The normalized spacial score (nSPS) is 20.4. The largest absolute Gasteiger partial charge is 0.395 e. The second kappa shape index (κ2) is 7.66. The predicted molar refractivity (Wildman–Crippen MR) is 99.6 cm³/mol. The van der Waals surface area contributed by atoms with Crippen LogP contribution in [0.15, 0.2) is 29.1 Å². The second-order valence-electron chi connectivity index (χ2n) is 6.90. The minimum Gasteiger partial charge on any atom is -0.395 e. The molecule has 2 saturated heterocycles. The highest BCUT2D eigenvalue weighted by molar-refractivity contribution is 5.78. The molecule has 1 unspecified atom stereocenters. The van der Waals surface area contributed by atoms with Crippen molar-refractivity contribution in [1.29, 1.82) is 0 Å². The molecular weight excluding hydrogens is 348 g/mol. The number of hydrogen-bond acceptors (Lipinski definition) is 5. The topological polar surface area (TPSA) is 87.9 Å². The van der Waals surface area contributed by atoms with Crippen molar-refractivity contribution in [3.8, 4) is 0 Å². The Labute approximate surface area is 157 Å². The van der Waals surface area contributed by atoms with Crippen LogP contribution < -0.4 is 5.56 Å². The smallest absolute Gasteiger partial charge is 0.320 e. The van der Waals surface area contributed by atoms with Crippen LogP contribution in [0.2, 0.25) is 0 Å². The first-order valence-corrected chi connectivity index (χ1v) is 9.44. The van der Waals surface area contributed by atoms with E-state index in [0.717, 1.165) is 12.8 Å². The van der Waals surface area contributed by atoms with Crippen LogP contribution in [0.3, 0.4) is 0 Å². The lowest BCUT2D eigenvalue weighted by molar-refractivity contribution is 0.0417. The molecule has 0 aliphatic carbocycles. The molecule has 3 heterocycles. The number of likely N-dealkylation sites (tertiary alicyclic amines) is 1. The third-order valence-corrected chi connectivity index (χ3v) is 5.29. The summed E-state index contributed by atoms with van der Waals surface area (Å²) < 4.78 is 6.87. The lowest BCUT2D eigenvalue weighted by Crippen LogP contribution is -2.48. The van der Waals surface area contributed by atoms with E-state index >= 15 is 0 Å². The third-order valence-electron chi connectivity index (χ3n) is 5.29. The van der Waals surface area contributed by atoms with Gasteiger partial charge in [0.2, 0.25) is 0 Å². The summed E-state index contributed by atoms with van der Waals surface area (Å²) in [5, 5.41) is 10.00. The number of hydrogen-bond donors (Lipinski definition) is 1. The van der Waals surface area contributed by atoms with Crippen LogP contribution in [-0.2, 0) is 11.3 Å². The zero-order valence-electron chi connectivity index (χ0n) is 15.2. The number of aromatic nitrogens is 2. The standard InChI is InChI=1S/C19H24N4O4/c24-11-8-23-17(20-15-5-2-1-4-14(15)18(23)25)16-6-3-7-22(16)19(26)21-9-12-27-13-10-21/h1-2,4-5,16,24H,3,6-13H2. The molecule has 2 aliphatic rings. The number of ether oxygens (including phenoxy) is 1. The summed E-state index contributed by atoms with van der Waals surface area (Å²) in [6, 6.07) is 6.92. The number of benzene rings is 1. The summed E-state index contributed by atoms with van der Waals surface area (Å²) in [6.45, 7) is 2.91. The molecule has 27 heavy (non-hydrogen) atoms. The summed E-state index contributed by atoms with van der Waals surface area (Å²) in [7, 11) is 0. The highest BCUT2D eigenvalue weighted by Crippen LogP contribution is 2.32.